The van der Waals surface area contributed by atoms with Gasteiger partial charge in [-0.05, 0) is 17.7 Å². The van der Waals surface area contributed by atoms with Gasteiger partial charge in [-0.3, -0.25) is 0 Å². The van der Waals surface area contributed by atoms with Gasteiger partial charge in [-0.25, -0.2) is 0 Å². The molecule has 0 aliphatic heterocycles. The average Bonchev–Trinajstić information content (AvgIpc) is 2.04. The van der Waals surface area contributed by atoms with Gasteiger partial charge in [0.25, 0.3) is 7.42 Å². The summed E-state index contributed by atoms with van der Waals surface area (Å²) in [5.74, 6) is 0. The van der Waals surface area contributed by atoms with Crippen molar-refractivity contribution in [1.29, 1.82) is 0 Å². The van der Waals surface area contributed by atoms with Crippen molar-refractivity contribution < 1.29 is 0 Å². The summed E-state index contributed by atoms with van der Waals surface area (Å²) < 4.78 is 0. The van der Waals surface area contributed by atoms with Crippen LogP contribution in [0.3, 0.4) is 0 Å². The number of hydrogen-bond donors (Lipinski definition) is 0. The van der Waals surface area contributed by atoms with Crippen LogP contribution in [0, 0.1) is 6.92 Å². The lowest BCUT2D eigenvalue weighted by Crippen LogP contribution is -2.21. The van der Waals surface area contributed by atoms with Gasteiger partial charge in [0.15, 0.2) is 0 Å². The molecule has 12 heavy (non-hydrogen) atoms. The van der Waals surface area contributed by atoms with Gasteiger partial charge in [0.2, 0.25) is 0 Å². The third-order valence-electron chi connectivity index (χ3n) is 1.70. The first-order valence-electron chi connectivity index (χ1n) is 3.66. The molecule has 0 saturated heterocycles. The van der Waals surface area contributed by atoms with E-state index in [1.165, 1.54) is 5.56 Å². The molecular formula is C9H10Cl2Si. The van der Waals surface area contributed by atoms with Crippen LogP contribution >= 0.6 is 22.2 Å². The molecule has 0 atom stereocenters. The van der Waals surface area contributed by atoms with E-state index in [2.05, 4.69) is 6.58 Å². The molecule has 0 fully saturated rings. The molecule has 64 valence electrons. The average molecular weight is 217 g/mol. The van der Waals surface area contributed by atoms with E-state index in [1.54, 1.807) is 6.08 Å². The lowest BCUT2D eigenvalue weighted by Gasteiger charge is -2.05. The molecule has 1 aromatic rings. The van der Waals surface area contributed by atoms with E-state index in [0.29, 0.717) is 0 Å². The zero-order valence-corrected chi connectivity index (χ0v) is 9.52. The minimum absolute atomic E-state index is 1.06. The second-order valence-electron chi connectivity index (χ2n) is 2.64. The van der Waals surface area contributed by atoms with Crippen LogP contribution in [0.4, 0.5) is 0 Å². The van der Waals surface area contributed by atoms with Crippen LogP contribution in [-0.4, -0.2) is 7.42 Å². The first-order chi connectivity index (χ1) is 5.65. The van der Waals surface area contributed by atoms with E-state index >= 15 is 0 Å². The Kier molecular flexibility index (Phi) is 3.38. The van der Waals surface area contributed by atoms with Crippen molar-refractivity contribution in [3.8, 4) is 0 Å². The van der Waals surface area contributed by atoms with E-state index in [1.807, 2.05) is 25.1 Å². The Bertz CT molecular complexity index is 295. The Labute approximate surface area is 83.8 Å². The van der Waals surface area contributed by atoms with Crippen molar-refractivity contribution in [3.05, 3.63) is 35.9 Å². The summed E-state index contributed by atoms with van der Waals surface area (Å²) in [6.45, 7) is 5.74. The highest BCUT2D eigenvalue weighted by Gasteiger charge is 2.09. The predicted octanol–water partition coefficient (Wildman–Crippen LogP) is 2.54. The number of hydrogen-bond acceptors (Lipinski definition) is 0. The molecule has 0 aliphatic rings. The van der Waals surface area contributed by atoms with Crippen LogP contribution in [0.1, 0.15) is 11.1 Å². The molecular weight excluding hydrogens is 207 g/mol. The fraction of sp³-hybridized carbons (Fsp3) is 0.111. The Morgan fingerprint density at radius 3 is 2.58 bits per heavy atom. The molecule has 0 aliphatic carbocycles. The topological polar surface area (TPSA) is 0 Å². The Balaban J connectivity index is 3.21. The second kappa shape index (κ2) is 4.12. The summed E-state index contributed by atoms with van der Waals surface area (Å²) in [5, 5.41) is 1.06. The summed E-state index contributed by atoms with van der Waals surface area (Å²) in [5.41, 5.74) is 2.25. The van der Waals surface area contributed by atoms with Crippen LogP contribution < -0.4 is 5.19 Å². The molecule has 1 rings (SSSR count). The molecule has 0 bridgehead atoms. The quantitative estimate of drug-likeness (QED) is 0.527. The summed E-state index contributed by atoms with van der Waals surface area (Å²) >= 11 is 11.8. The monoisotopic (exact) mass is 216 g/mol. The molecule has 0 aromatic heterocycles. The van der Waals surface area contributed by atoms with Crippen molar-refractivity contribution in [2.75, 3.05) is 0 Å². The maximum Gasteiger partial charge on any atom is 0.267 e. The second-order valence-corrected chi connectivity index (χ2v) is 7.15. The maximum absolute atomic E-state index is 5.92. The van der Waals surface area contributed by atoms with Crippen LogP contribution in [-0.2, 0) is 0 Å². The van der Waals surface area contributed by atoms with Crippen molar-refractivity contribution in [2.24, 2.45) is 0 Å². The predicted molar refractivity (Wildman–Crippen MR) is 59.8 cm³/mol. The molecule has 0 amide bonds. The van der Waals surface area contributed by atoms with Gasteiger partial charge in [0.05, 0.1) is 0 Å². The van der Waals surface area contributed by atoms with Gasteiger partial charge < -0.3 is 0 Å². The van der Waals surface area contributed by atoms with Gasteiger partial charge >= 0.3 is 0 Å². The normalized spacial score (nSPS) is 10.3. The lowest BCUT2D eigenvalue weighted by molar-refractivity contribution is 1.49. The molecule has 0 saturated carbocycles. The Morgan fingerprint density at radius 2 is 2.08 bits per heavy atom. The molecule has 0 N–H and O–H groups in total. The highest BCUT2D eigenvalue weighted by Crippen LogP contribution is 2.07. The van der Waals surface area contributed by atoms with E-state index < -0.39 is 7.42 Å². The zero-order valence-electron chi connectivity index (χ0n) is 6.85. The molecule has 0 heterocycles. The minimum atomic E-state index is -1.74. The number of rotatable bonds is 2. The summed E-state index contributed by atoms with van der Waals surface area (Å²) in [6, 6.07) is 6.07. The highest BCUT2D eigenvalue weighted by atomic mass is 35.7. The number of halogens is 2. The first kappa shape index (κ1) is 9.84. The van der Waals surface area contributed by atoms with Gasteiger partial charge in [0, 0.05) is 0 Å². The fourth-order valence-corrected chi connectivity index (χ4v) is 3.06. The highest BCUT2D eigenvalue weighted by molar-refractivity contribution is 7.39. The first-order valence-corrected chi connectivity index (χ1v) is 7.73. The van der Waals surface area contributed by atoms with E-state index in [9.17, 15) is 0 Å². The van der Waals surface area contributed by atoms with Gasteiger partial charge in [0.1, 0.15) is 0 Å². The molecule has 0 unspecified atom stereocenters. The van der Waals surface area contributed by atoms with Crippen molar-refractivity contribution in [1.82, 2.24) is 0 Å². The molecule has 1 aromatic carbocycles. The van der Waals surface area contributed by atoms with Crippen LogP contribution in [0.25, 0.3) is 6.08 Å². The summed E-state index contributed by atoms with van der Waals surface area (Å²) in [4.78, 5) is 0. The zero-order chi connectivity index (χ0) is 9.14. The number of aryl methyl sites for hydroxylation is 1. The SMILES string of the molecule is C=Cc1ccc(C)cc1[SiH](Cl)Cl. The Morgan fingerprint density at radius 1 is 1.42 bits per heavy atom. The Hall–Kier alpha value is -0.243. The molecule has 0 radical (unpaired) electrons. The standard InChI is InChI=1S/C9H10Cl2Si/c1-3-8-5-4-7(2)6-9(8)12(10)11/h3-6,12H,1H2,2H3. The van der Waals surface area contributed by atoms with Gasteiger partial charge in [-0.1, -0.05) is 36.4 Å². The molecule has 3 heteroatoms. The van der Waals surface area contributed by atoms with Gasteiger partial charge in [-0.2, -0.15) is 0 Å². The van der Waals surface area contributed by atoms with E-state index in [4.69, 9.17) is 22.2 Å². The smallest absolute Gasteiger partial charge is 0.144 e. The van der Waals surface area contributed by atoms with E-state index in [0.717, 1.165) is 10.8 Å². The maximum atomic E-state index is 5.92. The van der Waals surface area contributed by atoms with Crippen molar-refractivity contribution >= 4 is 40.8 Å². The third-order valence-corrected chi connectivity index (χ3v) is 4.08. The van der Waals surface area contributed by atoms with Crippen LogP contribution in [0.2, 0.25) is 0 Å². The van der Waals surface area contributed by atoms with Crippen molar-refractivity contribution in [3.63, 3.8) is 0 Å². The van der Waals surface area contributed by atoms with E-state index in [-0.39, 0.29) is 0 Å². The van der Waals surface area contributed by atoms with Crippen LogP contribution in [0.5, 0.6) is 0 Å². The third kappa shape index (κ3) is 2.13. The minimum Gasteiger partial charge on any atom is -0.144 e. The van der Waals surface area contributed by atoms with Crippen LogP contribution in [0.15, 0.2) is 24.8 Å². The summed E-state index contributed by atoms with van der Waals surface area (Å²) in [7, 11) is -1.74. The van der Waals surface area contributed by atoms with Gasteiger partial charge in [-0.15, -0.1) is 22.2 Å². The molecule has 0 nitrogen and oxygen atoms in total. The summed E-state index contributed by atoms with van der Waals surface area (Å²) in [6.07, 6.45) is 1.79. The molecule has 0 spiro atoms. The lowest BCUT2D eigenvalue weighted by atomic mass is 10.1. The fourth-order valence-electron chi connectivity index (χ4n) is 1.07. The number of benzene rings is 1. The largest absolute Gasteiger partial charge is 0.267 e. The van der Waals surface area contributed by atoms with Crippen molar-refractivity contribution in [2.45, 2.75) is 6.92 Å².